The van der Waals surface area contributed by atoms with E-state index in [4.69, 9.17) is 11.5 Å². The van der Waals surface area contributed by atoms with Crippen LogP contribution >= 0.6 is 41.6 Å². The van der Waals surface area contributed by atoms with Gasteiger partial charge in [-0.2, -0.15) is 0 Å². The minimum absolute atomic E-state index is 0. The molecule has 2 atom stereocenters. The molecule has 7 nitrogen and oxygen atoms in total. The van der Waals surface area contributed by atoms with Crippen molar-refractivity contribution in [2.24, 2.45) is 11.5 Å². The lowest BCUT2D eigenvalue weighted by molar-refractivity contribution is -0.132. The summed E-state index contributed by atoms with van der Waals surface area (Å²) in [5.74, 6) is -1.36. The molecule has 1 aliphatic rings. The molecular weight excluding hydrogens is 417 g/mol. The Hall–Kier alpha value is 0.500. The number of rotatable bonds is 6. The van der Waals surface area contributed by atoms with Gasteiger partial charge < -0.3 is 26.2 Å². The highest BCUT2D eigenvalue weighted by molar-refractivity contribution is 8.93. The number of carbonyl (C=O) groups excluding carboxylic acids is 1. The molecule has 0 aromatic carbocycles. The number of carbonyl (C=O) groups is 1. The Morgan fingerprint density at radius 2 is 1.95 bits per heavy atom. The van der Waals surface area contributed by atoms with Crippen molar-refractivity contribution in [3.8, 4) is 0 Å². The quantitative estimate of drug-likeness (QED) is 0.355. The molecule has 1 heterocycles. The van der Waals surface area contributed by atoms with Crippen LogP contribution in [0.15, 0.2) is 0 Å². The van der Waals surface area contributed by atoms with Crippen molar-refractivity contribution in [2.75, 3.05) is 13.1 Å². The van der Waals surface area contributed by atoms with Gasteiger partial charge in [0, 0.05) is 6.54 Å². The molecule has 0 aliphatic carbocycles. The topological polar surface area (TPSA) is 130 Å². The molecule has 1 amide bonds. The molecule has 122 valence electrons. The van der Waals surface area contributed by atoms with Crippen LogP contribution in [-0.2, 0) is 9.36 Å². The smallest absolute Gasteiger partial charge is 0.330 e. The Morgan fingerprint density at radius 3 is 2.45 bits per heavy atom. The average Bonchev–Trinajstić information content (AvgIpc) is 2.76. The zero-order valence-electron chi connectivity index (χ0n) is 11.2. The monoisotopic (exact) mass is 439 g/mol. The number of nitrogens with two attached hydrogens (primary N) is 2. The lowest BCUT2D eigenvalue weighted by Crippen LogP contribution is -2.45. The summed E-state index contributed by atoms with van der Waals surface area (Å²) >= 11 is 0. The summed E-state index contributed by atoms with van der Waals surface area (Å²) in [6, 6.07) is -0.691. The van der Waals surface area contributed by atoms with Crippen LogP contribution in [0.3, 0.4) is 0 Å². The van der Waals surface area contributed by atoms with E-state index < -0.39 is 19.4 Å². The number of halogens is 2. The van der Waals surface area contributed by atoms with E-state index in [1.54, 1.807) is 0 Å². The highest BCUT2D eigenvalue weighted by Gasteiger charge is 2.41. The molecule has 0 spiro atoms. The summed E-state index contributed by atoms with van der Waals surface area (Å²) in [7, 11) is -4.27. The molecule has 1 fully saturated rings. The van der Waals surface area contributed by atoms with Crippen molar-refractivity contribution in [2.45, 2.75) is 43.9 Å². The zero-order valence-corrected chi connectivity index (χ0v) is 15.5. The molecular formula is C10H24Br2N3O4P. The Morgan fingerprint density at radius 1 is 1.35 bits per heavy atom. The van der Waals surface area contributed by atoms with Gasteiger partial charge in [-0.3, -0.25) is 9.36 Å². The van der Waals surface area contributed by atoms with Crippen LogP contribution in [0.2, 0.25) is 0 Å². The number of hydrogen-bond acceptors (Lipinski definition) is 4. The highest BCUT2D eigenvalue weighted by Crippen LogP contribution is 2.47. The number of hydrogen-bond donors (Lipinski definition) is 4. The third-order valence-corrected chi connectivity index (χ3v) is 4.49. The van der Waals surface area contributed by atoms with Crippen molar-refractivity contribution in [1.29, 1.82) is 0 Å². The van der Waals surface area contributed by atoms with Gasteiger partial charge >= 0.3 is 7.60 Å². The summed E-state index contributed by atoms with van der Waals surface area (Å²) in [5.41, 5.74) is 11.1. The fourth-order valence-electron chi connectivity index (χ4n) is 2.20. The van der Waals surface area contributed by atoms with Crippen LogP contribution in [0.4, 0.5) is 0 Å². The molecule has 1 saturated heterocycles. The summed E-state index contributed by atoms with van der Waals surface area (Å²) in [5, 5.41) is 0. The number of amides is 1. The van der Waals surface area contributed by atoms with E-state index in [1.807, 2.05) is 0 Å². The van der Waals surface area contributed by atoms with Gasteiger partial charge in [-0.15, -0.1) is 34.0 Å². The summed E-state index contributed by atoms with van der Waals surface area (Å²) in [4.78, 5) is 31.7. The van der Waals surface area contributed by atoms with Crippen LogP contribution in [0, 0.1) is 0 Å². The van der Waals surface area contributed by atoms with E-state index in [0.717, 1.165) is 12.8 Å². The standard InChI is InChI=1S/C10H22N3O4P.2BrH/c11-6-2-1-4-8(12)10(14)13-7-3-5-9(13)18(15,16)17;;/h8-9H,1-7,11-12H2,(H2,15,16,17);2*1H. The highest BCUT2D eigenvalue weighted by atomic mass is 79.9. The Balaban J connectivity index is 0. The zero-order chi connectivity index (χ0) is 13.8. The van der Waals surface area contributed by atoms with Crippen molar-refractivity contribution >= 4 is 47.5 Å². The van der Waals surface area contributed by atoms with E-state index in [0.29, 0.717) is 32.4 Å². The van der Waals surface area contributed by atoms with Crippen molar-refractivity contribution < 1.29 is 19.1 Å². The second-order valence-corrected chi connectivity index (χ2v) is 6.41. The van der Waals surface area contributed by atoms with Crippen LogP contribution in [0.25, 0.3) is 0 Å². The third-order valence-electron chi connectivity index (χ3n) is 3.18. The van der Waals surface area contributed by atoms with E-state index in [2.05, 4.69) is 0 Å². The van der Waals surface area contributed by atoms with E-state index in [-0.39, 0.29) is 39.9 Å². The average molecular weight is 441 g/mol. The largest absolute Gasteiger partial charge is 0.347 e. The maximum absolute atomic E-state index is 12.0. The molecule has 0 saturated carbocycles. The van der Waals surface area contributed by atoms with Gasteiger partial charge in [0.2, 0.25) is 5.91 Å². The van der Waals surface area contributed by atoms with Gasteiger partial charge in [0.25, 0.3) is 0 Å². The first-order valence-electron chi connectivity index (χ1n) is 6.19. The van der Waals surface area contributed by atoms with Gasteiger partial charge in [-0.05, 0) is 32.2 Å². The van der Waals surface area contributed by atoms with Gasteiger partial charge in [0.1, 0.15) is 5.78 Å². The van der Waals surface area contributed by atoms with Crippen LogP contribution < -0.4 is 11.5 Å². The van der Waals surface area contributed by atoms with Crippen LogP contribution in [-0.4, -0.2) is 45.5 Å². The lowest BCUT2D eigenvalue weighted by Gasteiger charge is -2.27. The molecule has 0 aromatic rings. The summed E-state index contributed by atoms with van der Waals surface area (Å²) < 4.78 is 11.3. The molecule has 0 aromatic heterocycles. The summed E-state index contributed by atoms with van der Waals surface area (Å²) in [6.45, 7) is 0.926. The molecule has 10 heteroatoms. The van der Waals surface area contributed by atoms with Gasteiger partial charge in [0.15, 0.2) is 0 Å². The van der Waals surface area contributed by atoms with Crippen molar-refractivity contribution in [3.63, 3.8) is 0 Å². The Labute approximate surface area is 140 Å². The molecule has 1 rings (SSSR count). The minimum Gasteiger partial charge on any atom is -0.330 e. The predicted octanol–water partition coefficient (Wildman–Crippen LogP) is 0.725. The fraction of sp³-hybridized carbons (Fsp3) is 0.900. The van der Waals surface area contributed by atoms with Gasteiger partial charge in [-0.25, -0.2) is 0 Å². The molecule has 0 bridgehead atoms. The van der Waals surface area contributed by atoms with Crippen molar-refractivity contribution in [1.82, 2.24) is 4.90 Å². The normalized spacial score (nSPS) is 20.0. The second-order valence-electron chi connectivity index (χ2n) is 4.63. The molecule has 1 aliphatic heterocycles. The number of nitrogens with zero attached hydrogens (tertiary/aromatic N) is 1. The number of unbranched alkanes of at least 4 members (excludes halogenated alkanes) is 1. The summed E-state index contributed by atoms with van der Waals surface area (Å²) in [6.07, 6.45) is 2.99. The fourth-order valence-corrected chi connectivity index (χ4v) is 3.31. The van der Waals surface area contributed by atoms with Crippen LogP contribution in [0.1, 0.15) is 32.1 Å². The lowest BCUT2D eigenvalue weighted by atomic mass is 10.1. The first kappa shape index (κ1) is 22.8. The molecule has 2 unspecified atom stereocenters. The number of likely N-dealkylation sites (tertiary alicyclic amines) is 1. The second kappa shape index (κ2) is 10.3. The van der Waals surface area contributed by atoms with Gasteiger partial charge in [-0.1, -0.05) is 6.42 Å². The first-order chi connectivity index (χ1) is 8.38. The Kier molecular flexibility index (Phi) is 11.7. The Bertz CT molecular complexity index is 342. The van der Waals surface area contributed by atoms with E-state index >= 15 is 0 Å². The molecule has 20 heavy (non-hydrogen) atoms. The maximum atomic E-state index is 12.0. The van der Waals surface area contributed by atoms with E-state index in [9.17, 15) is 19.1 Å². The SMILES string of the molecule is Br.Br.NCCCCC(N)C(=O)N1CCCC1P(=O)(O)O. The maximum Gasteiger partial charge on any atom is 0.347 e. The van der Waals surface area contributed by atoms with Gasteiger partial charge in [0.05, 0.1) is 6.04 Å². The van der Waals surface area contributed by atoms with Crippen molar-refractivity contribution in [3.05, 3.63) is 0 Å². The minimum atomic E-state index is -4.27. The first-order valence-corrected chi connectivity index (χ1v) is 7.87. The molecule has 0 radical (unpaired) electrons. The predicted molar refractivity (Wildman–Crippen MR) is 88.3 cm³/mol. The molecule has 6 N–H and O–H groups in total. The third kappa shape index (κ3) is 6.51. The van der Waals surface area contributed by atoms with Crippen LogP contribution in [0.5, 0.6) is 0 Å². The van der Waals surface area contributed by atoms with E-state index in [1.165, 1.54) is 4.90 Å².